The summed E-state index contributed by atoms with van der Waals surface area (Å²) in [6.45, 7) is 9.60. The summed E-state index contributed by atoms with van der Waals surface area (Å²) in [6, 6.07) is 5.37. The third-order valence-corrected chi connectivity index (χ3v) is 7.37. The van der Waals surface area contributed by atoms with Crippen LogP contribution in [-0.4, -0.2) is 32.6 Å². The molecule has 1 aliphatic rings. The fourth-order valence-electron chi connectivity index (χ4n) is 4.92. The highest BCUT2D eigenvalue weighted by molar-refractivity contribution is 5.97. The number of fused-ring (bicyclic) bond motifs is 1. The number of imidazole rings is 1. The molecule has 1 saturated carbocycles. The molecular formula is C27H41N3O3. The van der Waals surface area contributed by atoms with Crippen molar-refractivity contribution >= 4 is 22.9 Å². The van der Waals surface area contributed by atoms with E-state index in [1.54, 1.807) is 0 Å². The van der Waals surface area contributed by atoms with Gasteiger partial charge in [-0.05, 0) is 42.4 Å². The molecule has 33 heavy (non-hydrogen) atoms. The molecule has 6 heteroatoms. The van der Waals surface area contributed by atoms with E-state index in [2.05, 4.69) is 37.6 Å². The molecule has 0 spiro atoms. The van der Waals surface area contributed by atoms with Crippen LogP contribution in [0.5, 0.6) is 0 Å². The number of carbonyl (C=O) groups excluding carboxylic acids is 1. The van der Waals surface area contributed by atoms with Gasteiger partial charge in [-0.25, -0.2) is 4.98 Å². The van der Waals surface area contributed by atoms with Crippen molar-refractivity contribution in [3.63, 3.8) is 0 Å². The van der Waals surface area contributed by atoms with Gasteiger partial charge in [0.15, 0.2) is 0 Å². The van der Waals surface area contributed by atoms with E-state index in [4.69, 9.17) is 4.98 Å². The number of aromatic nitrogens is 2. The molecule has 0 radical (unpaired) electrons. The monoisotopic (exact) mass is 455 g/mol. The molecule has 1 aromatic carbocycles. The first-order valence-corrected chi connectivity index (χ1v) is 12.8. The normalized spacial score (nSPS) is 17.2. The maximum absolute atomic E-state index is 13.0. The van der Waals surface area contributed by atoms with Crippen LogP contribution in [0.1, 0.15) is 95.2 Å². The number of hydrogen-bond donors (Lipinski definition) is 2. The van der Waals surface area contributed by atoms with Crippen LogP contribution in [0.25, 0.3) is 11.0 Å². The summed E-state index contributed by atoms with van der Waals surface area (Å²) in [5, 5.41) is 12.2. The van der Waals surface area contributed by atoms with E-state index >= 15 is 0 Å². The largest absolute Gasteiger partial charge is 0.481 e. The quantitative estimate of drug-likeness (QED) is 0.422. The van der Waals surface area contributed by atoms with Gasteiger partial charge in [0, 0.05) is 24.6 Å². The Morgan fingerprint density at radius 1 is 1.15 bits per heavy atom. The van der Waals surface area contributed by atoms with Crippen molar-refractivity contribution < 1.29 is 14.7 Å². The molecule has 1 fully saturated rings. The molecule has 1 amide bonds. The summed E-state index contributed by atoms with van der Waals surface area (Å²) in [5.74, 6) is 1.64. The van der Waals surface area contributed by atoms with Crippen molar-refractivity contribution in [1.29, 1.82) is 0 Å². The fourth-order valence-corrected chi connectivity index (χ4v) is 4.92. The van der Waals surface area contributed by atoms with E-state index in [-0.39, 0.29) is 18.4 Å². The number of nitrogens with one attached hydrogen (secondary N) is 1. The number of carbonyl (C=O) groups is 2. The molecule has 1 aliphatic carbocycles. The second kappa shape index (κ2) is 11.7. The zero-order chi connectivity index (χ0) is 24.0. The predicted molar refractivity (Wildman–Crippen MR) is 132 cm³/mol. The molecular weight excluding hydrogens is 414 g/mol. The average molecular weight is 456 g/mol. The minimum absolute atomic E-state index is 0.0621. The van der Waals surface area contributed by atoms with Crippen LogP contribution < -0.4 is 5.32 Å². The maximum atomic E-state index is 13.0. The first-order chi connectivity index (χ1) is 15.8. The standard InChI is InChI=1S/C27H41N3O3/c1-5-18(3)13-22(16-26(31)32)28-27(33)21-11-12-24-23(15-21)29-25(14-20-9-7-8-10-20)30(24)17-19(4)6-2/h11-12,15,18-20,22H,5-10,13-14,16-17H2,1-4H3,(H,28,33)(H,31,32)/t18?,19?,22-/m0/s1. The van der Waals surface area contributed by atoms with Crippen molar-refractivity contribution in [2.24, 2.45) is 17.8 Å². The number of aliphatic carboxylic acids is 1. The first kappa shape index (κ1) is 25.3. The summed E-state index contributed by atoms with van der Waals surface area (Å²) in [4.78, 5) is 29.3. The Balaban J connectivity index is 1.84. The predicted octanol–water partition coefficient (Wildman–Crippen LogP) is 5.82. The summed E-state index contributed by atoms with van der Waals surface area (Å²) in [6.07, 6.45) is 8.85. The van der Waals surface area contributed by atoms with E-state index in [0.717, 1.165) is 42.7 Å². The summed E-state index contributed by atoms with van der Waals surface area (Å²) in [7, 11) is 0. The van der Waals surface area contributed by atoms with Crippen molar-refractivity contribution in [2.75, 3.05) is 0 Å². The van der Waals surface area contributed by atoms with E-state index in [1.165, 1.54) is 25.7 Å². The summed E-state index contributed by atoms with van der Waals surface area (Å²) < 4.78 is 2.36. The zero-order valence-electron chi connectivity index (χ0n) is 20.8. The summed E-state index contributed by atoms with van der Waals surface area (Å²) >= 11 is 0. The molecule has 1 heterocycles. The Morgan fingerprint density at radius 3 is 2.48 bits per heavy atom. The van der Waals surface area contributed by atoms with Crippen LogP contribution >= 0.6 is 0 Å². The van der Waals surface area contributed by atoms with Gasteiger partial charge in [-0.15, -0.1) is 0 Å². The van der Waals surface area contributed by atoms with Gasteiger partial charge in [0.25, 0.3) is 5.91 Å². The Kier molecular flexibility index (Phi) is 8.93. The van der Waals surface area contributed by atoms with Gasteiger partial charge in [0.2, 0.25) is 0 Å². The number of nitrogens with zero attached hydrogens (tertiary/aromatic N) is 2. The highest BCUT2D eigenvalue weighted by Gasteiger charge is 2.22. The molecule has 2 aromatic rings. The number of benzene rings is 1. The zero-order valence-corrected chi connectivity index (χ0v) is 20.8. The molecule has 0 bridgehead atoms. The second-order valence-corrected chi connectivity index (χ2v) is 10.2. The van der Waals surface area contributed by atoms with E-state index in [9.17, 15) is 14.7 Å². The fraction of sp³-hybridized carbons (Fsp3) is 0.667. The summed E-state index contributed by atoms with van der Waals surface area (Å²) in [5.41, 5.74) is 2.49. The number of carboxylic acid groups (broad SMARTS) is 1. The van der Waals surface area contributed by atoms with Gasteiger partial charge in [0.05, 0.1) is 17.5 Å². The lowest BCUT2D eigenvalue weighted by molar-refractivity contribution is -0.137. The van der Waals surface area contributed by atoms with Crippen molar-refractivity contribution in [3.05, 3.63) is 29.6 Å². The number of rotatable bonds is 12. The highest BCUT2D eigenvalue weighted by atomic mass is 16.4. The molecule has 0 saturated heterocycles. The van der Waals surface area contributed by atoms with Crippen LogP contribution in [0.4, 0.5) is 0 Å². The van der Waals surface area contributed by atoms with Crippen LogP contribution in [0.15, 0.2) is 18.2 Å². The minimum atomic E-state index is -0.889. The molecule has 182 valence electrons. The van der Waals surface area contributed by atoms with Crippen molar-refractivity contribution in [2.45, 2.75) is 98.1 Å². The Hall–Kier alpha value is -2.37. The number of amides is 1. The van der Waals surface area contributed by atoms with Gasteiger partial charge >= 0.3 is 5.97 Å². The number of hydrogen-bond acceptors (Lipinski definition) is 3. The maximum Gasteiger partial charge on any atom is 0.305 e. The molecule has 2 N–H and O–H groups in total. The third kappa shape index (κ3) is 6.81. The van der Waals surface area contributed by atoms with E-state index < -0.39 is 5.97 Å². The lowest BCUT2D eigenvalue weighted by Crippen LogP contribution is -2.37. The van der Waals surface area contributed by atoms with Gasteiger partial charge in [0.1, 0.15) is 5.82 Å². The van der Waals surface area contributed by atoms with Crippen molar-refractivity contribution in [3.8, 4) is 0 Å². The highest BCUT2D eigenvalue weighted by Crippen LogP contribution is 2.30. The molecule has 0 aliphatic heterocycles. The second-order valence-electron chi connectivity index (χ2n) is 10.2. The lowest BCUT2D eigenvalue weighted by atomic mass is 9.97. The molecule has 2 unspecified atom stereocenters. The van der Waals surface area contributed by atoms with Crippen LogP contribution in [0.2, 0.25) is 0 Å². The Morgan fingerprint density at radius 2 is 1.85 bits per heavy atom. The molecule has 3 rings (SSSR count). The van der Waals surface area contributed by atoms with E-state index in [0.29, 0.717) is 29.7 Å². The first-order valence-electron chi connectivity index (χ1n) is 12.8. The van der Waals surface area contributed by atoms with Gasteiger partial charge < -0.3 is 15.0 Å². The van der Waals surface area contributed by atoms with E-state index in [1.807, 2.05) is 18.2 Å². The smallest absolute Gasteiger partial charge is 0.305 e. The average Bonchev–Trinajstić information content (AvgIpc) is 3.40. The SMILES string of the molecule is CCC(C)C[C@@H](CC(=O)O)NC(=O)c1ccc2c(c1)nc(CC1CCCC1)n2CC(C)CC. The van der Waals surface area contributed by atoms with Crippen LogP contribution in [-0.2, 0) is 17.8 Å². The van der Waals surface area contributed by atoms with Crippen LogP contribution in [0.3, 0.4) is 0 Å². The third-order valence-electron chi connectivity index (χ3n) is 7.37. The topological polar surface area (TPSA) is 84.2 Å². The Bertz CT molecular complexity index is 945. The molecule has 3 atom stereocenters. The minimum Gasteiger partial charge on any atom is -0.481 e. The van der Waals surface area contributed by atoms with Gasteiger partial charge in [-0.2, -0.15) is 0 Å². The number of carboxylic acids is 1. The Labute approximate surface area is 198 Å². The van der Waals surface area contributed by atoms with Crippen molar-refractivity contribution in [1.82, 2.24) is 14.9 Å². The van der Waals surface area contributed by atoms with Gasteiger partial charge in [-0.3, -0.25) is 9.59 Å². The molecule has 1 aromatic heterocycles. The lowest BCUT2D eigenvalue weighted by Gasteiger charge is -2.20. The molecule has 6 nitrogen and oxygen atoms in total. The van der Waals surface area contributed by atoms with Crippen LogP contribution in [0, 0.1) is 17.8 Å². The van der Waals surface area contributed by atoms with Gasteiger partial charge in [-0.1, -0.05) is 66.2 Å².